The first-order valence-electron chi connectivity index (χ1n) is 6.98. The number of amides is 2. The Morgan fingerprint density at radius 1 is 1.24 bits per heavy atom. The van der Waals surface area contributed by atoms with Crippen molar-refractivity contribution >= 4 is 17.5 Å². The molecule has 21 heavy (non-hydrogen) atoms. The predicted octanol–water partition coefficient (Wildman–Crippen LogP) is 0.684. The lowest BCUT2D eigenvalue weighted by Gasteiger charge is -2.10. The van der Waals surface area contributed by atoms with Gasteiger partial charge < -0.3 is 16.4 Å². The lowest BCUT2D eigenvalue weighted by atomic mass is 10.2. The summed E-state index contributed by atoms with van der Waals surface area (Å²) in [4.78, 5) is 31.8. The van der Waals surface area contributed by atoms with Crippen molar-refractivity contribution in [1.82, 2.24) is 20.6 Å². The molecule has 0 bridgehead atoms. The third-order valence-electron chi connectivity index (χ3n) is 2.68. The normalized spacial score (nSPS) is 10.8. The lowest BCUT2D eigenvalue weighted by molar-refractivity contribution is -0.120. The van der Waals surface area contributed by atoms with Crippen LogP contribution < -0.4 is 16.4 Å². The zero-order chi connectivity index (χ0) is 16.0. The summed E-state index contributed by atoms with van der Waals surface area (Å²) in [5.41, 5.74) is 6.01. The van der Waals surface area contributed by atoms with Crippen LogP contribution in [0.2, 0.25) is 0 Å². The van der Waals surface area contributed by atoms with Crippen LogP contribution in [0.1, 0.15) is 49.9 Å². The number of nitrogens with one attached hydrogen (secondary N) is 2. The molecule has 7 nitrogen and oxygen atoms in total. The maximum absolute atomic E-state index is 12.0. The molecule has 0 aliphatic rings. The van der Waals surface area contributed by atoms with E-state index in [-0.39, 0.29) is 29.8 Å². The first-order chi connectivity index (χ1) is 9.81. The molecule has 0 radical (unpaired) electrons. The quantitative estimate of drug-likeness (QED) is 0.714. The molecule has 0 saturated heterocycles. The largest absolute Gasteiger partial charge is 0.396 e. The predicted molar refractivity (Wildman–Crippen MR) is 80.7 cm³/mol. The van der Waals surface area contributed by atoms with Gasteiger partial charge in [0.05, 0.1) is 18.4 Å². The van der Waals surface area contributed by atoms with Gasteiger partial charge in [-0.25, -0.2) is 9.97 Å². The van der Waals surface area contributed by atoms with Crippen molar-refractivity contribution < 1.29 is 9.59 Å². The molecular weight excluding hydrogens is 270 g/mol. The minimum Gasteiger partial charge on any atom is -0.396 e. The van der Waals surface area contributed by atoms with E-state index in [0.717, 1.165) is 0 Å². The van der Waals surface area contributed by atoms with Crippen molar-refractivity contribution in [2.24, 2.45) is 5.92 Å². The third-order valence-corrected chi connectivity index (χ3v) is 2.68. The highest BCUT2D eigenvalue weighted by atomic mass is 16.2. The summed E-state index contributed by atoms with van der Waals surface area (Å²) < 4.78 is 0. The number of rotatable bonds is 6. The van der Waals surface area contributed by atoms with Gasteiger partial charge >= 0.3 is 0 Å². The Balaban J connectivity index is 2.63. The minimum absolute atomic E-state index is 0.0893. The molecule has 0 saturated carbocycles. The standard InChI is InChI=1S/C14H23N5O2/c1-8(2)5-16-11(20)7-18-14(21)12-10(15)6-17-13(19-12)9(3)4/h6,8-9H,5,7,15H2,1-4H3,(H,16,20)(H,18,21). The first-order valence-corrected chi connectivity index (χ1v) is 6.98. The molecule has 7 heteroatoms. The van der Waals surface area contributed by atoms with Crippen molar-refractivity contribution in [1.29, 1.82) is 0 Å². The highest BCUT2D eigenvalue weighted by Crippen LogP contribution is 2.13. The number of aromatic nitrogens is 2. The fourth-order valence-corrected chi connectivity index (χ4v) is 1.49. The molecule has 0 unspecified atom stereocenters. The number of hydrogen-bond acceptors (Lipinski definition) is 5. The Hall–Kier alpha value is -2.18. The molecule has 0 aliphatic heterocycles. The summed E-state index contributed by atoms with van der Waals surface area (Å²) in [6, 6.07) is 0. The van der Waals surface area contributed by atoms with Crippen LogP contribution in [-0.4, -0.2) is 34.9 Å². The second-order valence-corrected chi connectivity index (χ2v) is 5.57. The van der Waals surface area contributed by atoms with Gasteiger partial charge in [-0.15, -0.1) is 0 Å². The fourth-order valence-electron chi connectivity index (χ4n) is 1.49. The summed E-state index contributed by atoms with van der Waals surface area (Å²) in [5.74, 6) is 0.270. The van der Waals surface area contributed by atoms with Crippen LogP contribution in [0.5, 0.6) is 0 Å². The highest BCUT2D eigenvalue weighted by molar-refractivity contribution is 5.98. The molecule has 1 aromatic rings. The molecule has 1 heterocycles. The van der Waals surface area contributed by atoms with Crippen molar-refractivity contribution in [3.8, 4) is 0 Å². The average molecular weight is 293 g/mol. The summed E-state index contributed by atoms with van der Waals surface area (Å²) >= 11 is 0. The van der Waals surface area contributed by atoms with Crippen molar-refractivity contribution in [3.05, 3.63) is 17.7 Å². The number of nitrogen functional groups attached to an aromatic ring is 1. The Kier molecular flexibility index (Phi) is 6.08. The van der Waals surface area contributed by atoms with Crippen LogP contribution in [0.3, 0.4) is 0 Å². The van der Waals surface area contributed by atoms with E-state index in [1.165, 1.54) is 6.20 Å². The second-order valence-electron chi connectivity index (χ2n) is 5.57. The Bertz CT molecular complexity index is 514. The molecule has 2 amide bonds. The molecule has 1 rings (SSSR count). The van der Waals surface area contributed by atoms with Gasteiger partial charge in [0.25, 0.3) is 5.91 Å². The van der Waals surface area contributed by atoms with Gasteiger partial charge in [0.15, 0.2) is 5.69 Å². The zero-order valence-corrected chi connectivity index (χ0v) is 12.9. The van der Waals surface area contributed by atoms with Crippen LogP contribution in [0, 0.1) is 5.92 Å². The first kappa shape index (κ1) is 16.9. The lowest BCUT2D eigenvalue weighted by Crippen LogP contribution is -2.38. The van der Waals surface area contributed by atoms with Crippen LogP contribution in [0.25, 0.3) is 0 Å². The number of carbonyl (C=O) groups is 2. The number of nitrogens with zero attached hydrogens (tertiary/aromatic N) is 2. The molecule has 0 spiro atoms. The summed E-state index contributed by atoms with van der Waals surface area (Å²) in [6.45, 7) is 8.30. The smallest absolute Gasteiger partial charge is 0.272 e. The maximum Gasteiger partial charge on any atom is 0.272 e. The van der Waals surface area contributed by atoms with Gasteiger partial charge in [-0.2, -0.15) is 0 Å². The van der Waals surface area contributed by atoms with Gasteiger partial charge in [0, 0.05) is 12.5 Å². The van der Waals surface area contributed by atoms with Gasteiger partial charge in [-0.3, -0.25) is 9.59 Å². The average Bonchev–Trinajstić information content (AvgIpc) is 2.42. The molecule has 0 aromatic carbocycles. The summed E-state index contributed by atoms with van der Waals surface area (Å²) in [7, 11) is 0. The van der Waals surface area contributed by atoms with Crippen LogP contribution in [0.4, 0.5) is 5.69 Å². The minimum atomic E-state index is -0.475. The van der Waals surface area contributed by atoms with Gasteiger partial charge in [0.1, 0.15) is 5.82 Å². The number of nitrogens with two attached hydrogens (primary N) is 1. The van der Waals surface area contributed by atoms with Crippen molar-refractivity contribution in [2.75, 3.05) is 18.8 Å². The topological polar surface area (TPSA) is 110 Å². The highest BCUT2D eigenvalue weighted by Gasteiger charge is 2.15. The molecular formula is C14H23N5O2. The van der Waals surface area contributed by atoms with Crippen LogP contribution >= 0.6 is 0 Å². The molecule has 4 N–H and O–H groups in total. The second kappa shape index (κ2) is 7.56. The zero-order valence-electron chi connectivity index (χ0n) is 12.9. The van der Waals surface area contributed by atoms with E-state index in [1.54, 1.807) is 0 Å². The maximum atomic E-state index is 12.0. The Labute approximate surface area is 124 Å². The van der Waals surface area contributed by atoms with E-state index < -0.39 is 5.91 Å². The van der Waals surface area contributed by atoms with E-state index in [2.05, 4.69) is 20.6 Å². The Morgan fingerprint density at radius 2 is 1.90 bits per heavy atom. The van der Waals surface area contributed by atoms with Gasteiger partial charge in [-0.05, 0) is 5.92 Å². The number of anilines is 1. The van der Waals surface area contributed by atoms with Gasteiger partial charge in [0.2, 0.25) is 5.91 Å². The van der Waals surface area contributed by atoms with E-state index in [1.807, 2.05) is 27.7 Å². The number of hydrogen-bond donors (Lipinski definition) is 3. The van der Waals surface area contributed by atoms with Crippen molar-refractivity contribution in [2.45, 2.75) is 33.6 Å². The van der Waals surface area contributed by atoms with Gasteiger partial charge in [-0.1, -0.05) is 27.7 Å². The SMILES string of the molecule is CC(C)CNC(=O)CNC(=O)c1nc(C(C)C)ncc1N. The molecule has 0 atom stereocenters. The monoisotopic (exact) mass is 293 g/mol. The third kappa shape index (κ3) is 5.37. The Morgan fingerprint density at radius 3 is 2.48 bits per heavy atom. The van der Waals surface area contributed by atoms with Crippen LogP contribution in [0.15, 0.2) is 6.20 Å². The summed E-state index contributed by atoms with van der Waals surface area (Å²) in [5, 5.41) is 5.22. The number of carbonyl (C=O) groups excluding carboxylic acids is 2. The molecule has 0 aliphatic carbocycles. The van der Waals surface area contributed by atoms with Crippen LogP contribution in [-0.2, 0) is 4.79 Å². The van der Waals surface area contributed by atoms with Crippen molar-refractivity contribution in [3.63, 3.8) is 0 Å². The van der Waals surface area contributed by atoms with E-state index in [4.69, 9.17) is 5.73 Å². The van der Waals surface area contributed by atoms with E-state index in [0.29, 0.717) is 18.3 Å². The molecule has 0 fully saturated rings. The van der Waals surface area contributed by atoms with E-state index in [9.17, 15) is 9.59 Å². The molecule has 1 aromatic heterocycles. The fraction of sp³-hybridized carbons (Fsp3) is 0.571. The molecule has 116 valence electrons. The van der Waals surface area contributed by atoms with E-state index >= 15 is 0 Å². The summed E-state index contributed by atoms with van der Waals surface area (Å²) in [6.07, 6.45) is 1.41.